The standard InChI is InChI=1S/C32H39BrN10O4S/c1-40-15-17-42(18-16-40)22-9-13-43(14-10-22)31(44)21-5-6-24(27(19-21)47-3)38-32-36-20-23(33)30(39-32)37-26-8-7-25-28(35-12-11-34-25)29(26)41(2)48(4,45)46/h5-8,11-12,19-20,22H,9-10,13-18H2,1-4H3,(H2,36,37,38,39). The Balaban J connectivity index is 1.18. The van der Waals surface area contributed by atoms with E-state index in [-0.39, 0.29) is 11.9 Å². The number of carbonyl (C=O) groups excluding carboxylic acids is 1. The molecule has 4 aromatic rings. The highest BCUT2D eigenvalue weighted by Gasteiger charge is 2.29. The summed E-state index contributed by atoms with van der Waals surface area (Å²) in [4.78, 5) is 38.1. The lowest BCUT2D eigenvalue weighted by atomic mass is 10.0. The summed E-state index contributed by atoms with van der Waals surface area (Å²) in [6, 6.07) is 9.30. The van der Waals surface area contributed by atoms with E-state index in [0.717, 1.165) is 62.7 Å². The van der Waals surface area contributed by atoms with Gasteiger partial charge in [-0.3, -0.25) is 24.0 Å². The van der Waals surface area contributed by atoms with E-state index in [1.165, 1.54) is 13.2 Å². The van der Waals surface area contributed by atoms with Gasteiger partial charge in [0.25, 0.3) is 5.91 Å². The van der Waals surface area contributed by atoms with Gasteiger partial charge in [-0.2, -0.15) is 4.98 Å². The molecule has 0 bridgehead atoms. The summed E-state index contributed by atoms with van der Waals surface area (Å²) in [5.74, 6) is 1.09. The van der Waals surface area contributed by atoms with Crippen molar-refractivity contribution in [3.8, 4) is 5.75 Å². The molecule has 48 heavy (non-hydrogen) atoms. The minimum atomic E-state index is -3.63. The summed E-state index contributed by atoms with van der Waals surface area (Å²) in [6.45, 7) is 5.80. The van der Waals surface area contributed by atoms with Crippen molar-refractivity contribution in [3.05, 3.63) is 59.0 Å². The number of amides is 1. The lowest BCUT2D eigenvalue weighted by molar-refractivity contribution is 0.0518. The van der Waals surface area contributed by atoms with Gasteiger partial charge in [-0.1, -0.05) is 0 Å². The SMILES string of the molecule is COc1cc(C(=O)N2CCC(N3CCN(C)CC3)CC2)ccc1Nc1ncc(Br)c(Nc2ccc3nccnc3c2N(C)S(C)(=O)=O)n1. The molecular weight excluding hydrogens is 700 g/mol. The topological polar surface area (TPSA) is 149 Å². The molecule has 2 aromatic heterocycles. The number of benzene rings is 2. The van der Waals surface area contributed by atoms with E-state index in [0.29, 0.717) is 55.7 Å². The lowest BCUT2D eigenvalue weighted by Gasteiger charge is -2.42. The molecule has 6 rings (SSSR count). The van der Waals surface area contributed by atoms with Crippen LogP contribution in [0.25, 0.3) is 11.0 Å². The second-order valence-corrected chi connectivity index (χ2v) is 14.9. The number of nitrogens with zero attached hydrogens (tertiary/aromatic N) is 8. The smallest absolute Gasteiger partial charge is 0.253 e. The predicted molar refractivity (Wildman–Crippen MR) is 190 cm³/mol. The number of likely N-dealkylation sites (N-methyl/N-ethyl adjacent to an activating group) is 1. The van der Waals surface area contributed by atoms with Crippen LogP contribution in [0.4, 0.5) is 28.8 Å². The van der Waals surface area contributed by atoms with Crippen molar-refractivity contribution in [2.24, 2.45) is 0 Å². The molecular formula is C32H39BrN10O4S. The highest BCUT2D eigenvalue weighted by molar-refractivity contribution is 9.10. The number of piperazine rings is 1. The second kappa shape index (κ2) is 14.2. The first-order chi connectivity index (χ1) is 23.0. The number of halogens is 1. The molecule has 0 atom stereocenters. The molecule has 14 nitrogen and oxygen atoms in total. The molecule has 2 N–H and O–H groups in total. The molecule has 16 heteroatoms. The Labute approximate surface area is 288 Å². The number of carbonyl (C=O) groups is 1. The quantitative estimate of drug-likeness (QED) is 0.256. The van der Waals surface area contributed by atoms with Crippen molar-refractivity contribution in [1.82, 2.24) is 34.6 Å². The number of likely N-dealkylation sites (tertiary alicyclic amines) is 1. The van der Waals surface area contributed by atoms with E-state index in [1.54, 1.807) is 49.8 Å². The molecule has 1 amide bonds. The van der Waals surface area contributed by atoms with Gasteiger partial charge in [-0.25, -0.2) is 13.4 Å². The summed E-state index contributed by atoms with van der Waals surface area (Å²) in [6.07, 6.45) is 7.71. The van der Waals surface area contributed by atoms with Crippen LogP contribution in [0.3, 0.4) is 0 Å². The fourth-order valence-corrected chi connectivity index (χ4v) is 6.91. The average Bonchev–Trinajstić information content (AvgIpc) is 3.09. The molecule has 2 fully saturated rings. The summed E-state index contributed by atoms with van der Waals surface area (Å²) in [5.41, 5.74) is 2.87. The number of sulfonamides is 1. The van der Waals surface area contributed by atoms with E-state index >= 15 is 0 Å². The van der Waals surface area contributed by atoms with Crippen molar-refractivity contribution < 1.29 is 17.9 Å². The van der Waals surface area contributed by atoms with E-state index in [1.807, 2.05) is 4.90 Å². The van der Waals surface area contributed by atoms with Crippen LogP contribution in [0, 0.1) is 0 Å². The number of piperidine rings is 1. The fourth-order valence-electron chi connectivity index (χ4n) is 6.10. The van der Waals surface area contributed by atoms with Crippen molar-refractivity contribution in [1.29, 1.82) is 0 Å². The molecule has 0 unspecified atom stereocenters. The predicted octanol–water partition coefficient (Wildman–Crippen LogP) is 3.93. The van der Waals surface area contributed by atoms with Crippen LogP contribution in [-0.2, 0) is 10.0 Å². The normalized spacial score (nSPS) is 16.6. The van der Waals surface area contributed by atoms with Crippen LogP contribution < -0.4 is 19.7 Å². The third-order valence-electron chi connectivity index (χ3n) is 8.92. The maximum Gasteiger partial charge on any atom is 0.253 e. The maximum atomic E-state index is 13.5. The Morgan fingerprint density at radius 3 is 2.40 bits per heavy atom. The zero-order valence-corrected chi connectivity index (χ0v) is 29.8. The number of hydrogen-bond acceptors (Lipinski definition) is 12. The zero-order valence-electron chi connectivity index (χ0n) is 27.3. The second-order valence-electron chi connectivity index (χ2n) is 12.0. The number of methoxy groups -OCH3 is 1. The Bertz CT molecular complexity index is 1910. The Kier molecular flexibility index (Phi) is 9.96. The van der Waals surface area contributed by atoms with Gasteiger partial charge < -0.3 is 25.2 Å². The highest BCUT2D eigenvalue weighted by Crippen LogP contribution is 2.37. The van der Waals surface area contributed by atoms with Crippen molar-refractivity contribution in [3.63, 3.8) is 0 Å². The molecule has 2 aliphatic rings. The maximum absolute atomic E-state index is 13.5. The number of fused-ring (bicyclic) bond motifs is 1. The zero-order chi connectivity index (χ0) is 34.0. The molecule has 4 heterocycles. The lowest BCUT2D eigenvalue weighted by Crippen LogP contribution is -2.52. The fraction of sp³-hybridized carbons (Fsp3) is 0.406. The highest BCUT2D eigenvalue weighted by atomic mass is 79.9. The van der Waals surface area contributed by atoms with Gasteiger partial charge in [0.2, 0.25) is 16.0 Å². The van der Waals surface area contributed by atoms with Gasteiger partial charge in [-0.15, -0.1) is 0 Å². The molecule has 0 saturated carbocycles. The summed E-state index contributed by atoms with van der Waals surface area (Å²) < 4.78 is 32.5. The Hall–Kier alpha value is -4.12. The van der Waals surface area contributed by atoms with Crippen LogP contribution in [0.5, 0.6) is 5.75 Å². The first kappa shape index (κ1) is 33.8. The number of anilines is 5. The van der Waals surface area contributed by atoms with E-state index < -0.39 is 10.0 Å². The van der Waals surface area contributed by atoms with E-state index in [2.05, 4.69) is 63.3 Å². The minimum Gasteiger partial charge on any atom is -0.495 e. The van der Waals surface area contributed by atoms with Gasteiger partial charge in [0.15, 0.2) is 0 Å². The first-order valence-corrected chi connectivity index (χ1v) is 18.3. The van der Waals surface area contributed by atoms with Crippen LogP contribution in [-0.4, -0.2) is 122 Å². The van der Waals surface area contributed by atoms with Crippen molar-refractivity contribution in [2.45, 2.75) is 18.9 Å². The Morgan fingerprint density at radius 1 is 0.979 bits per heavy atom. The number of ether oxygens (including phenoxy) is 1. The van der Waals surface area contributed by atoms with Crippen LogP contribution >= 0.6 is 15.9 Å². The molecule has 2 aromatic carbocycles. The molecule has 2 saturated heterocycles. The van der Waals surface area contributed by atoms with Gasteiger partial charge in [-0.05, 0) is 66.2 Å². The number of nitrogens with one attached hydrogen (secondary N) is 2. The van der Waals surface area contributed by atoms with E-state index in [9.17, 15) is 13.2 Å². The van der Waals surface area contributed by atoms with Gasteiger partial charge in [0.1, 0.15) is 22.8 Å². The molecule has 0 spiro atoms. The van der Waals surface area contributed by atoms with Crippen LogP contribution in [0.15, 0.2) is 53.4 Å². The van der Waals surface area contributed by atoms with Gasteiger partial charge in [0.05, 0.1) is 34.7 Å². The molecule has 254 valence electrons. The monoisotopic (exact) mass is 738 g/mol. The van der Waals surface area contributed by atoms with Crippen molar-refractivity contribution >= 4 is 71.7 Å². The third kappa shape index (κ3) is 7.31. The van der Waals surface area contributed by atoms with Crippen molar-refractivity contribution in [2.75, 3.05) is 81.7 Å². The van der Waals surface area contributed by atoms with Crippen LogP contribution in [0.2, 0.25) is 0 Å². The molecule has 2 aliphatic heterocycles. The van der Waals surface area contributed by atoms with Gasteiger partial charge >= 0.3 is 0 Å². The Morgan fingerprint density at radius 2 is 1.69 bits per heavy atom. The summed E-state index contributed by atoms with van der Waals surface area (Å²) in [5, 5.41) is 6.42. The number of aromatic nitrogens is 4. The minimum absolute atomic E-state index is 0.0157. The van der Waals surface area contributed by atoms with E-state index in [4.69, 9.17) is 4.74 Å². The largest absolute Gasteiger partial charge is 0.495 e. The van der Waals surface area contributed by atoms with Gasteiger partial charge in [0, 0.05) is 76.5 Å². The average molecular weight is 740 g/mol. The number of hydrogen-bond donors (Lipinski definition) is 2. The summed E-state index contributed by atoms with van der Waals surface area (Å²) >= 11 is 3.50. The summed E-state index contributed by atoms with van der Waals surface area (Å²) in [7, 11) is 1.54. The third-order valence-corrected chi connectivity index (χ3v) is 10.7. The molecule has 0 radical (unpaired) electrons. The number of rotatable bonds is 9. The molecule has 0 aliphatic carbocycles. The first-order valence-electron chi connectivity index (χ1n) is 15.7. The van der Waals surface area contributed by atoms with Crippen LogP contribution in [0.1, 0.15) is 23.2 Å².